The number of aromatic amines is 1. The van der Waals surface area contributed by atoms with Crippen molar-refractivity contribution in [1.29, 1.82) is 0 Å². The number of H-pyrrole nitrogens is 1. The van der Waals surface area contributed by atoms with Crippen molar-refractivity contribution in [3.63, 3.8) is 0 Å². The van der Waals surface area contributed by atoms with Crippen molar-refractivity contribution in [2.75, 3.05) is 12.4 Å². The summed E-state index contributed by atoms with van der Waals surface area (Å²) in [6, 6.07) is 15.2. The Bertz CT molecular complexity index is 1100. The van der Waals surface area contributed by atoms with Crippen molar-refractivity contribution in [2.24, 2.45) is 7.05 Å². The Morgan fingerprint density at radius 1 is 1.19 bits per heavy atom. The van der Waals surface area contributed by atoms with E-state index in [1.54, 1.807) is 25.1 Å². The van der Waals surface area contributed by atoms with E-state index < -0.39 is 0 Å². The fourth-order valence-electron chi connectivity index (χ4n) is 2.72. The van der Waals surface area contributed by atoms with Crippen molar-refractivity contribution >= 4 is 34.3 Å². The second-order valence-corrected chi connectivity index (χ2v) is 7.08. The Morgan fingerprint density at radius 3 is 2.70 bits per heavy atom. The van der Waals surface area contributed by atoms with Crippen LogP contribution in [0.15, 0.2) is 71.0 Å². The third kappa shape index (κ3) is 3.68. The van der Waals surface area contributed by atoms with Gasteiger partial charge in [-0.2, -0.15) is 0 Å². The standard InChI is InChI=1S/C20H18N4O2S/c1-24-10-9-21-20(24)27-16-7-4-14(5-8-16)22-19(25)18-11-13-3-6-15(26-2)12-17(13)23-18/h3-12,23H,1-2H3,(H,22,25). The van der Waals surface area contributed by atoms with Crippen LogP contribution in [0.2, 0.25) is 0 Å². The van der Waals surface area contributed by atoms with E-state index in [-0.39, 0.29) is 5.91 Å². The SMILES string of the molecule is COc1ccc2cc(C(=O)Nc3ccc(Sc4nccn4C)cc3)[nH]c2c1. The molecule has 0 unspecified atom stereocenters. The second-order valence-electron chi connectivity index (χ2n) is 6.04. The van der Waals surface area contributed by atoms with Gasteiger partial charge in [0.05, 0.1) is 7.11 Å². The fourth-order valence-corrected chi connectivity index (χ4v) is 3.52. The quantitative estimate of drug-likeness (QED) is 0.543. The van der Waals surface area contributed by atoms with E-state index in [1.165, 1.54) is 0 Å². The number of hydrogen-bond donors (Lipinski definition) is 2. The van der Waals surface area contributed by atoms with Gasteiger partial charge in [0.2, 0.25) is 0 Å². The molecular formula is C20H18N4O2S. The number of amides is 1. The number of hydrogen-bond acceptors (Lipinski definition) is 4. The number of fused-ring (bicyclic) bond motifs is 1. The highest BCUT2D eigenvalue weighted by molar-refractivity contribution is 7.99. The summed E-state index contributed by atoms with van der Waals surface area (Å²) in [4.78, 5) is 21.0. The first-order valence-corrected chi connectivity index (χ1v) is 9.17. The molecule has 1 amide bonds. The molecule has 0 fully saturated rings. The van der Waals surface area contributed by atoms with E-state index >= 15 is 0 Å². The minimum Gasteiger partial charge on any atom is -0.497 e. The maximum absolute atomic E-state index is 12.5. The molecule has 2 aromatic carbocycles. The van der Waals surface area contributed by atoms with Crippen LogP contribution in [0.5, 0.6) is 5.75 Å². The number of nitrogens with zero attached hydrogens (tertiary/aromatic N) is 2. The number of ether oxygens (including phenoxy) is 1. The Hall–Kier alpha value is -3.19. The molecule has 7 heteroatoms. The number of benzene rings is 2. The second kappa shape index (κ2) is 7.20. The molecule has 6 nitrogen and oxygen atoms in total. The molecule has 0 saturated carbocycles. The first kappa shape index (κ1) is 17.2. The molecule has 0 spiro atoms. The summed E-state index contributed by atoms with van der Waals surface area (Å²) in [5.74, 6) is 0.562. The zero-order chi connectivity index (χ0) is 18.8. The van der Waals surface area contributed by atoms with Crippen LogP contribution < -0.4 is 10.1 Å². The number of aryl methyl sites for hydroxylation is 1. The lowest BCUT2D eigenvalue weighted by atomic mass is 10.2. The summed E-state index contributed by atoms with van der Waals surface area (Å²) in [7, 11) is 3.58. The topological polar surface area (TPSA) is 71.9 Å². The van der Waals surface area contributed by atoms with E-state index in [2.05, 4.69) is 15.3 Å². The van der Waals surface area contributed by atoms with Crippen molar-refractivity contribution in [2.45, 2.75) is 10.1 Å². The summed E-state index contributed by atoms with van der Waals surface area (Å²) in [6.45, 7) is 0. The Labute approximate surface area is 160 Å². The van der Waals surface area contributed by atoms with E-state index in [4.69, 9.17) is 4.74 Å². The third-order valence-electron chi connectivity index (χ3n) is 4.17. The minimum absolute atomic E-state index is 0.185. The van der Waals surface area contributed by atoms with Crippen LogP contribution >= 0.6 is 11.8 Å². The molecule has 136 valence electrons. The molecule has 0 saturated heterocycles. The molecule has 0 bridgehead atoms. The fraction of sp³-hybridized carbons (Fsp3) is 0.100. The molecule has 0 aliphatic rings. The zero-order valence-corrected chi connectivity index (χ0v) is 15.7. The van der Waals surface area contributed by atoms with Crippen LogP contribution in [-0.4, -0.2) is 27.6 Å². The van der Waals surface area contributed by atoms with Crippen LogP contribution in [0.25, 0.3) is 10.9 Å². The molecular weight excluding hydrogens is 360 g/mol. The highest BCUT2D eigenvalue weighted by atomic mass is 32.2. The van der Waals surface area contributed by atoms with Crippen LogP contribution in [0.4, 0.5) is 5.69 Å². The van der Waals surface area contributed by atoms with Gasteiger partial charge in [-0.15, -0.1) is 0 Å². The van der Waals surface area contributed by atoms with Crippen molar-refractivity contribution in [3.8, 4) is 5.75 Å². The monoisotopic (exact) mass is 378 g/mol. The number of rotatable bonds is 5. The highest BCUT2D eigenvalue weighted by Crippen LogP contribution is 2.27. The largest absolute Gasteiger partial charge is 0.497 e. The van der Waals surface area contributed by atoms with Crippen LogP contribution in [0.3, 0.4) is 0 Å². The summed E-state index contributed by atoms with van der Waals surface area (Å²) in [5.41, 5.74) is 2.10. The lowest BCUT2D eigenvalue weighted by Gasteiger charge is -2.06. The van der Waals surface area contributed by atoms with E-state index in [1.807, 2.05) is 66.3 Å². The number of aromatic nitrogens is 3. The van der Waals surface area contributed by atoms with Gasteiger partial charge in [-0.1, -0.05) is 11.8 Å². The molecule has 0 atom stereocenters. The summed E-state index contributed by atoms with van der Waals surface area (Å²) < 4.78 is 7.18. The van der Waals surface area contributed by atoms with Crippen LogP contribution in [-0.2, 0) is 7.05 Å². The molecule has 0 radical (unpaired) electrons. The molecule has 2 N–H and O–H groups in total. The highest BCUT2D eigenvalue weighted by Gasteiger charge is 2.11. The number of methoxy groups -OCH3 is 1. The van der Waals surface area contributed by atoms with E-state index in [9.17, 15) is 4.79 Å². The Balaban J connectivity index is 1.47. The molecule has 2 heterocycles. The summed E-state index contributed by atoms with van der Waals surface area (Å²) >= 11 is 1.57. The maximum Gasteiger partial charge on any atom is 0.272 e. The molecule has 27 heavy (non-hydrogen) atoms. The van der Waals surface area contributed by atoms with E-state index in [0.29, 0.717) is 5.69 Å². The van der Waals surface area contributed by atoms with Crippen molar-refractivity contribution in [1.82, 2.24) is 14.5 Å². The molecule has 2 aromatic heterocycles. The first-order valence-electron chi connectivity index (χ1n) is 8.36. The third-order valence-corrected chi connectivity index (χ3v) is 5.26. The predicted octanol–water partition coefficient (Wildman–Crippen LogP) is 4.31. The van der Waals surface area contributed by atoms with Crippen molar-refractivity contribution < 1.29 is 9.53 Å². The number of anilines is 1. The Kier molecular flexibility index (Phi) is 4.60. The first-order chi connectivity index (χ1) is 13.1. The van der Waals surface area contributed by atoms with Crippen LogP contribution in [0, 0.1) is 0 Å². The molecule has 4 aromatic rings. The smallest absolute Gasteiger partial charge is 0.272 e. The normalized spacial score (nSPS) is 10.9. The predicted molar refractivity (Wildman–Crippen MR) is 107 cm³/mol. The number of imidazole rings is 1. The van der Waals surface area contributed by atoms with Crippen molar-refractivity contribution in [3.05, 3.63) is 66.6 Å². The average Bonchev–Trinajstić information content (AvgIpc) is 3.29. The zero-order valence-electron chi connectivity index (χ0n) is 14.9. The van der Waals surface area contributed by atoms with Gasteiger partial charge in [0, 0.05) is 47.0 Å². The summed E-state index contributed by atoms with van der Waals surface area (Å²) in [5, 5.41) is 4.79. The average molecular weight is 378 g/mol. The van der Waals surface area contributed by atoms with Gasteiger partial charge in [-0.25, -0.2) is 4.98 Å². The lowest BCUT2D eigenvalue weighted by molar-refractivity contribution is 0.102. The van der Waals surface area contributed by atoms with Gasteiger partial charge in [0.1, 0.15) is 11.4 Å². The lowest BCUT2D eigenvalue weighted by Crippen LogP contribution is -2.12. The number of carbonyl (C=O) groups excluding carboxylic acids is 1. The minimum atomic E-state index is -0.185. The molecule has 0 aliphatic carbocycles. The molecule has 4 rings (SSSR count). The van der Waals surface area contributed by atoms with Gasteiger partial charge in [0.15, 0.2) is 5.16 Å². The van der Waals surface area contributed by atoms with Gasteiger partial charge < -0.3 is 19.6 Å². The number of nitrogens with one attached hydrogen (secondary N) is 2. The van der Waals surface area contributed by atoms with Gasteiger partial charge in [-0.05, 0) is 42.5 Å². The summed E-state index contributed by atoms with van der Waals surface area (Å²) in [6.07, 6.45) is 3.68. The van der Waals surface area contributed by atoms with E-state index in [0.717, 1.165) is 32.4 Å². The van der Waals surface area contributed by atoms with Crippen LogP contribution in [0.1, 0.15) is 10.5 Å². The molecule has 0 aliphatic heterocycles. The number of carbonyl (C=O) groups is 1. The van der Waals surface area contributed by atoms with Gasteiger partial charge >= 0.3 is 0 Å². The maximum atomic E-state index is 12.5. The Morgan fingerprint density at radius 2 is 2.00 bits per heavy atom. The van der Waals surface area contributed by atoms with Gasteiger partial charge in [-0.3, -0.25) is 4.79 Å². The van der Waals surface area contributed by atoms with Gasteiger partial charge in [0.25, 0.3) is 5.91 Å².